The summed E-state index contributed by atoms with van der Waals surface area (Å²) in [6.45, 7) is 0. The number of hydrogen-bond acceptors (Lipinski definition) is 3. The number of carbonyl (C=O) groups is 1. The molecular weight excluding hydrogens is 276 g/mol. The molecule has 0 radical (unpaired) electrons. The second-order valence-corrected chi connectivity index (χ2v) is 4.91. The van der Waals surface area contributed by atoms with Crippen molar-refractivity contribution in [2.75, 3.05) is 14.2 Å². The molecule has 0 unspecified atom stereocenters. The van der Waals surface area contributed by atoms with Crippen LogP contribution in [0.3, 0.4) is 0 Å². The summed E-state index contributed by atoms with van der Waals surface area (Å²) in [6, 6.07) is 17.6. The number of benzene rings is 3. The number of hydrogen-bond donors (Lipinski definition) is 0. The zero-order valence-corrected chi connectivity index (χ0v) is 12.5. The van der Waals surface area contributed by atoms with E-state index in [1.54, 1.807) is 20.3 Å². The lowest BCUT2D eigenvalue weighted by atomic mass is 9.94. The van der Waals surface area contributed by atoms with Gasteiger partial charge in [-0.1, -0.05) is 48.5 Å². The maximum Gasteiger partial charge on any atom is 0.169 e. The van der Waals surface area contributed by atoms with Crippen LogP contribution in [-0.4, -0.2) is 20.5 Å². The van der Waals surface area contributed by atoms with Crippen LogP contribution < -0.4 is 9.47 Å². The molecule has 3 aromatic carbocycles. The van der Waals surface area contributed by atoms with Crippen LogP contribution in [0.25, 0.3) is 21.9 Å². The van der Waals surface area contributed by atoms with Gasteiger partial charge in [-0.05, 0) is 22.6 Å². The van der Waals surface area contributed by atoms with Crippen molar-refractivity contribution in [2.24, 2.45) is 0 Å². The molecule has 3 heteroatoms. The molecule has 3 nitrogen and oxygen atoms in total. The molecule has 0 amide bonds. The molecular formula is C19H16O3. The van der Waals surface area contributed by atoms with E-state index in [1.807, 2.05) is 48.5 Å². The molecule has 3 aromatic rings. The van der Waals surface area contributed by atoms with Gasteiger partial charge in [0.05, 0.1) is 14.2 Å². The first-order chi connectivity index (χ1) is 10.8. The van der Waals surface area contributed by atoms with E-state index in [2.05, 4.69) is 0 Å². The van der Waals surface area contributed by atoms with E-state index in [0.29, 0.717) is 17.1 Å². The minimum absolute atomic E-state index is 0.556. The molecule has 110 valence electrons. The van der Waals surface area contributed by atoms with Gasteiger partial charge in [0.1, 0.15) is 0 Å². The zero-order valence-electron chi connectivity index (χ0n) is 12.5. The SMILES string of the molecule is COc1cc(C=O)c2cccc(-c3ccccc3)c2c1OC. The third kappa shape index (κ3) is 2.21. The van der Waals surface area contributed by atoms with Gasteiger partial charge in [-0.15, -0.1) is 0 Å². The summed E-state index contributed by atoms with van der Waals surface area (Å²) in [5.41, 5.74) is 2.67. The Hall–Kier alpha value is -2.81. The fraction of sp³-hybridized carbons (Fsp3) is 0.105. The smallest absolute Gasteiger partial charge is 0.169 e. The summed E-state index contributed by atoms with van der Waals surface area (Å²) in [5.74, 6) is 1.20. The van der Waals surface area contributed by atoms with Gasteiger partial charge in [-0.2, -0.15) is 0 Å². The molecule has 0 aliphatic heterocycles. The van der Waals surface area contributed by atoms with Gasteiger partial charge in [0.25, 0.3) is 0 Å². The highest BCUT2D eigenvalue weighted by molar-refractivity contribution is 6.09. The molecule has 0 aliphatic carbocycles. The second-order valence-electron chi connectivity index (χ2n) is 4.91. The molecule has 0 saturated carbocycles. The van der Waals surface area contributed by atoms with Gasteiger partial charge < -0.3 is 9.47 Å². The largest absolute Gasteiger partial charge is 0.493 e. The predicted molar refractivity (Wildman–Crippen MR) is 87.9 cm³/mol. The van der Waals surface area contributed by atoms with E-state index in [0.717, 1.165) is 28.2 Å². The molecule has 3 rings (SSSR count). The van der Waals surface area contributed by atoms with Crippen LogP contribution in [-0.2, 0) is 0 Å². The van der Waals surface area contributed by atoms with E-state index in [9.17, 15) is 4.79 Å². The van der Waals surface area contributed by atoms with Gasteiger partial charge >= 0.3 is 0 Å². The Morgan fingerprint density at radius 2 is 1.68 bits per heavy atom. The molecule has 0 saturated heterocycles. The number of carbonyl (C=O) groups excluding carboxylic acids is 1. The van der Waals surface area contributed by atoms with Gasteiger partial charge in [-0.3, -0.25) is 4.79 Å². The molecule has 22 heavy (non-hydrogen) atoms. The van der Waals surface area contributed by atoms with Crippen molar-refractivity contribution < 1.29 is 14.3 Å². The number of methoxy groups -OCH3 is 2. The van der Waals surface area contributed by atoms with Crippen LogP contribution in [0.5, 0.6) is 11.5 Å². The van der Waals surface area contributed by atoms with E-state index in [1.165, 1.54) is 0 Å². The van der Waals surface area contributed by atoms with Crippen molar-refractivity contribution in [3.05, 3.63) is 60.2 Å². The van der Waals surface area contributed by atoms with Crippen LogP contribution in [0.4, 0.5) is 0 Å². The normalized spacial score (nSPS) is 10.5. The lowest BCUT2D eigenvalue weighted by Gasteiger charge is -2.16. The molecule has 0 fully saturated rings. The van der Waals surface area contributed by atoms with Gasteiger partial charge in [0.2, 0.25) is 0 Å². The molecule has 0 heterocycles. The lowest BCUT2D eigenvalue weighted by Crippen LogP contribution is -1.96. The van der Waals surface area contributed by atoms with Gasteiger partial charge in [0, 0.05) is 10.9 Å². The average Bonchev–Trinajstić information content (AvgIpc) is 2.60. The van der Waals surface area contributed by atoms with Crippen molar-refractivity contribution in [2.45, 2.75) is 0 Å². The van der Waals surface area contributed by atoms with Crippen LogP contribution in [0.2, 0.25) is 0 Å². The Morgan fingerprint density at radius 3 is 2.32 bits per heavy atom. The highest BCUT2D eigenvalue weighted by Crippen LogP contribution is 2.42. The van der Waals surface area contributed by atoms with Crippen molar-refractivity contribution in [1.82, 2.24) is 0 Å². The first-order valence-electron chi connectivity index (χ1n) is 6.98. The third-order valence-electron chi connectivity index (χ3n) is 3.75. The first kappa shape index (κ1) is 14.1. The third-order valence-corrected chi connectivity index (χ3v) is 3.75. The Kier molecular flexibility index (Phi) is 3.79. The highest BCUT2D eigenvalue weighted by atomic mass is 16.5. The van der Waals surface area contributed by atoms with E-state index in [-0.39, 0.29) is 0 Å². The van der Waals surface area contributed by atoms with Crippen molar-refractivity contribution >= 4 is 17.1 Å². The molecule has 0 aliphatic rings. The van der Waals surface area contributed by atoms with Crippen LogP contribution in [0.1, 0.15) is 10.4 Å². The first-order valence-corrected chi connectivity index (χ1v) is 6.98. The summed E-state index contributed by atoms with van der Waals surface area (Å²) >= 11 is 0. The Bertz CT molecular complexity index is 823. The highest BCUT2D eigenvalue weighted by Gasteiger charge is 2.16. The minimum atomic E-state index is 0.556. The fourth-order valence-electron chi connectivity index (χ4n) is 2.76. The van der Waals surface area contributed by atoms with Crippen LogP contribution in [0.15, 0.2) is 54.6 Å². The second kappa shape index (κ2) is 5.90. The van der Waals surface area contributed by atoms with Crippen molar-refractivity contribution in [3.8, 4) is 22.6 Å². The van der Waals surface area contributed by atoms with Crippen molar-refractivity contribution in [1.29, 1.82) is 0 Å². The van der Waals surface area contributed by atoms with Crippen LogP contribution >= 0.6 is 0 Å². The van der Waals surface area contributed by atoms with Crippen LogP contribution in [0, 0.1) is 0 Å². The van der Waals surface area contributed by atoms with Crippen molar-refractivity contribution in [3.63, 3.8) is 0 Å². The monoisotopic (exact) mass is 292 g/mol. The summed E-state index contributed by atoms with van der Waals surface area (Å²) < 4.78 is 11.0. The quantitative estimate of drug-likeness (QED) is 0.671. The maximum absolute atomic E-state index is 11.4. The van der Waals surface area contributed by atoms with Gasteiger partial charge in [0.15, 0.2) is 17.8 Å². The Labute approximate surface area is 129 Å². The summed E-state index contributed by atoms with van der Waals surface area (Å²) in [5, 5.41) is 1.74. The summed E-state index contributed by atoms with van der Waals surface area (Å²) in [6.07, 6.45) is 0.846. The maximum atomic E-state index is 11.4. The number of ether oxygens (including phenoxy) is 2. The molecule has 0 N–H and O–H groups in total. The summed E-state index contributed by atoms with van der Waals surface area (Å²) in [4.78, 5) is 11.4. The Morgan fingerprint density at radius 1 is 0.909 bits per heavy atom. The van der Waals surface area contributed by atoms with E-state index >= 15 is 0 Å². The predicted octanol–water partition coefficient (Wildman–Crippen LogP) is 4.34. The number of rotatable bonds is 4. The molecule has 0 atom stereocenters. The zero-order chi connectivity index (χ0) is 15.5. The standard InChI is InChI=1S/C19H16O3/c1-21-17-11-14(12-20)16-10-6-9-15(18(16)19(17)22-2)13-7-4-3-5-8-13/h3-12H,1-2H3. The average molecular weight is 292 g/mol. The minimum Gasteiger partial charge on any atom is -0.493 e. The molecule has 0 aromatic heterocycles. The molecule has 0 bridgehead atoms. The number of fused-ring (bicyclic) bond motifs is 1. The van der Waals surface area contributed by atoms with E-state index in [4.69, 9.17) is 9.47 Å². The van der Waals surface area contributed by atoms with Gasteiger partial charge in [-0.25, -0.2) is 0 Å². The number of aldehydes is 1. The summed E-state index contributed by atoms with van der Waals surface area (Å²) in [7, 11) is 3.18. The molecule has 0 spiro atoms. The van der Waals surface area contributed by atoms with E-state index < -0.39 is 0 Å². The Balaban J connectivity index is 2.46. The lowest BCUT2D eigenvalue weighted by molar-refractivity contribution is 0.112. The topological polar surface area (TPSA) is 35.5 Å². The fourth-order valence-corrected chi connectivity index (χ4v) is 2.76.